The van der Waals surface area contributed by atoms with Crippen LogP contribution in [0.3, 0.4) is 0 Å². The smallest absolute Gasteiger partial charge is 0.261 e. The fraction of sp³-hybridized carbons (Fsp3) is 0.207. The molecule has 0 saturated carbocycles. The minimum absolute atomic E-state index is 0.205. The Hall–Kier alpha value is -4.19. The monoisotopic (exact) mass is 463 g/mol. The molecule has 1 aliphatic rings. The van der Waals surface area contributed by atoms with Crippen molar-refractivity contribution in [1.29, 1.82) is 0 Å². The van der Waals surface area contributed by atoms with Crippen molar-refractivity contribution < 1.29 is 14.3 Å². The first-order chi connectivity index (χ1) is 17.0. The molecule has 2 amide bonds. The van der Waals surface area contributed by atoms with Crippen LogP contribution in [0.15, 0.2) is 60.9 Å². The molecule has 174 valence electrons. The van der Waals surface area contributed by atoms with E-state index in [1.807, 2.05) is 18.5 Å². The van der Waals surface area contributed by atoms with Crippen LogP contribution in [0.4, 0.5) is 0 Å². The summed E-state index contributed by atoms with van der Waals surface area (Å²) in [6.07, 6.45) is 4.42. The van der Waals surface area contributed by atoms with Gasteiger partial charge in [0.05, 0.1) is 23.8 Å². The van der Waals surface area contributed by atoms with Crippen LogP contribution in [0.5, 0.6) is 5.75 Å². The number of hydrogen-bond donors (Lipinski definition) is 0. The average Bonchev–Trinajstić information content (AvgIpc) is 3.34. The number of benzene rings is 3. The number of nitrogens with zero attached hydrogens (tertiary/aromatic N) is 3. The van der Waals surface area contributed by atoms with E-state index in [-0.39, 0.29) is 11.8 Å². The zero-order valence-corrected chi connectivity index (χ0v) is 20.0. The maximum atomic E-state index is 12.8. The number of imide groups is 1. The molecule has 5 aromatic rings. The second-order valence-electron chi connectivity index (χ2n) is 9.09. The van der Waals surface area contributed by atoms with Gasteiger partial charge >= 0.3 is 0 Å². The molecule has 0 radical (unpaired) electrons. The third kappa shape index (κ3) is 3.06. The summed E-state index contributed by atoms with van der Waals surface area (Å²) >= 11 is 0. The molecule has 0 atom stereocenters. The Morgan fingerprint density at radius 1 is 0.857 bits per heavy atom. The van der Waals surface area contributed by atoms with Gasteiger partial charge in [-0.15, -0.1) is 0 Å². The number of carbonyl (C=O) groups is 2. The molecule has 6 nitrogen and oxygen atoms in total. The molecule has 0 spiro atoms. The zero-order chi connectivity index (χ0) is 24.3. The lowest BCUT2D eigenvalue weighted by Gasteiger charge is -2.16. The molecule has 0 bridgehead atoms. The Morgan fingerprint density at radius 2 is 1.60 bits per heavy atom. The Kier molecular flexibility index (Phi) is 4.85. The minimum Gasteiger partial charge on any atom is -0.497 e. The van der Waals surface area contributed by atoms with Gasteiger partial charge in [0.1, 0.15) is 5.75 Å². The van der Waals surface area contributed by atoms with Crippen LogP contribution < -0.4 is 4.74 Å². The van der Waals surface area contributed by atoms with Crippen LogP contribution in [-0.4, -0.2) is 39.9 Å². The molecule has 3 aromatic carbocycles. The number of aryl methyl sites for hydroxylation is 3. The van der Waals surface area contributed by atoms with Gasteiger partial charge in [-0.05, 0) is 73.2 Å². The molecular formula is C29H25N3O3. The Balaban J connectivity index is 1.44. The van der Waals surface area contributed by atoms with Crippen LogP contribution in [-0.2, 0) is 6.54 Å². The molecule has 35 heavy (non-hydrogen) atoms. The zero-order valence-electron chi connectivity index (χ0n) is 20.0. The van der Waals surface area contributed by atoms with Crippen molar-refractivity contribution in [3.63, 3.8) is 0 Å². The van der Waals surface area contributed by atoms with E-state index < -0.39 is 0 Å². The summed E-state index contributed by atoms with van der Waals surface area (Å²) in [5.74, 6) is 0.400. The maximum Gasteiger partial charge on any atom is 0.261 e. The van der Waals surface area contributed by atoms with Gasteiger partial charge in [-0.1, -0.05) is 12.1 Å². The molecular weight excluding hydrogens is 438 g/mol. The molecule has 0 unspecified atom stereocenters. The standard InChI is InChI=1S/C29H25N3O3/c1-17-24-16-30-12-11-20(24)18(2)27-26(17)23-15-19(35-3)9-10-25(23)31(27)13-6-14-32-28(33)21-7-4-5-8-22(21)29(32)34/h4-5,7-12,15-16H,6,13-14H2,1-3H3. The number of ether oxygens (including phenoxy) is 1. The number of hydrogen-bond acceptors (Lipinski definition) is 4. The van der Waals surface area contributed by atoms with E-state index in [1.165, 1.54) is 32.3 Å². The molecule has 3 heterocycles. The first kappa shape index (κ1) is 21.4. The largest absolute Gasteiger partial charge is 0.497 e. The molecule has 0 aliphatic carbocycles. The van der Waals surface area contributed by atoms with Gasteiger partial charge in [-0.25, -0.2) is 0 Å². The van der Waals surface area contributed by atoms with Crippen LogP contribution in [0.25, 0.3) is 32.6 Å². The topological polar surface area (TPSA) is 64.4 Å². The van der Waals surface area contributed by atoms with E-state index in [0.717, 1.165) is 22.0 Å². The fourth-order valence-electron chi connectivity index (χ4n) is 5.57. The lowest BCUT2D eigenvalue weighted by molar-refractivity contribution is 0.0651. The van der Waals surface area contributed by atoms with Crippen molar-refractivity contribution >= 4 is 44.4 Å². The van der Waals surface area contributed by atoms with Gasteiger partial charge in [0, 0.05) is 47.2 Å². The first-order valence-electron chi connectivity index (χ1n) is 11.8. The van der Waals surface area contributed by atoms with Gasteiger partial charge in [0.15, 0.2) is 0 Å². The minimum atomic E-state index is -0.205. The number of carbonyl (C=O) groups excluding carboxylic acids is 2. The number of aromatic nitrogens is 2. The summed E-state index contributed by atoms with van der Waals surface area (Å²) in [5, 5.41) is 4.65. The van der Waals surface area contributed by atoms with Crippen LogP contribution in [0.1, 0.15) is 38.3 Å². The highest BCUT2D eigenvalue weighted by Crippen LogP contribution is 2.40. The number of rotatable bonds is 5. The van der Waals surface area contributed by atoms with E-state index in [0.29, 0.717) is 30.6 Å². The highest BCUT2D eigenvalue weighted by molar-refractivity contribution is 6.21. The third-order valence-electron chi connectivity index (χ3n) is 7.27. The summed E-state index contributed by atoms with van der Waals surface area (Å²) in [5.41, 5.74) is 5.65. The quantitative estimate of drug-likeness (QED) is 0.316. The highest BCUT2D eigenvalue weighted by atomic mass is 16.5. The number of methoxy groups -OCH3 is 1. The lowest BCUT2D eigenvalue weighted by Crippen LogP contribution is -2.31. The van der Waals surface area contributed by atoms with Crippen molar-refractivity contribution in [2.45, 2.75) is 26.8 Å². The highest BCUT2D eigenvalue weighted by Gasteiger charge is 2.34. The Labute approximate surface area is 202 Å². The number of fused-ring (bicyclic) bond motifs is 5. The molecule has 0 N–H and O–H groups in total. The average molecular weight is 464 g/mol. The summed E-state index contributed by atoms with van der Waals surface area (Å²) in [6.45, 7) is 5.35. The summed E-state index contributed by atoms with van der Waals surface area (Å²) in [7, 11) is 1.68. The van der Waals surface area contributed by atoms with Crippen molar-refractivity contribution in [1.82, 2.24) is 14.5 Å². The van der Waals surface area contributed by atoms with E-state index in [4.69, 9.17) is 4.74 Å². The van der Waals surface area contributed by atoms with Crippen molar-refractivity contribution in [3.05, 3.63) is 83.2 Å². The lowest BCUT2D eigenvalue weighted by atomic mass is 9.97. The normalized spacial score (nSPS) is 13.4. The molecule has 6 rings (SSSR count). The predicted octanol–water partition coefficient (Wildman–Crippen LogP) is 5.65. The maximum absolute atomic E-state index is 12.8. The molecule has 0 saturated heterocycles. The van der Waals surface area contributed by atoms with Crippen LogP contribution in [0.2, 0.25) is 0 Å². The summed E-state index contributed by atoms with van der Waals surface area (Å²) in [4.78, 5) is 31.4. The Bertz CT molecular complexity index is 1650. The van der Waals surface area contributed by atoms with Crippen LogP contribution in [0, 0.1) is 13.8 Å². The SMILES string of the molecule is COc1ccc2c(c1)c1c(C)c3cnccc3c(C)c1n2CCCN1C(=O)c2ccccc2C1=O. The fourth-order valence-corrected chi connectivity index (χ4v) is 5.57. The molecule has 6 heteroatoms. The van der Waals surface area contributed by atoms with Gasteiger partial charge in [-0.2, -0.15) is 0 Å². The first-order valence-corrected chi connectivity index (χ1v) is 11.8. The summed E-state index contributed by atoms with van der Waals surface area (Å²) < 4.78 is 7.86. The second-order valence-corrected chi connectivity index (χ2v) is 9.09. The molecule has 2 aromatic heterocycles. The molecule has 0 fully saturated rings. The van der Waals surface area contributed by atoms with E-state index in [2.05, 4.69) is 41.6 Å². The van der Waals surface area contributed by atoms with Crippen molar-refractivity contribution in [2.24, 2.45) is 0 Å². The predicted molar refractivity (Wildman–Crippen MR) is 137 cm³/mol. The van der Waals surface area contributed by atoms with Crippen molar-refractivity contribution in [2.75, 3.05) is 13.7 Å². The van der Waals surface area contributed by atoms with Gasteiger partial charge in [0.2, 0.25) is 0 Å². The summed E-state index contributed by atoms with van der Waals surface area (Å²) in [6, 6.07) is 15.3. The molecule has 1 aliphatic heterocycles. The van der Waals surface area contributed by atoms with E-state index in [1.54, 1.807) is 31.4 Å². The van der Waals surface area contributed by atoms with E-state index in [9.17, 15) is 9.59 Å². The second kappa shape index (κ2) is 7.94. The van der Waals surface area contributed by atoms with E-state index >= 15 is 0 Å². The number of pyridine rings is 1. The van der Waals surface area contributed by atoms with Gasteiger partial charge in [-0.3, -0.25) is 19.5 Å². The number of amides is 2. The van der Waals surface area contributed by atoms with Gasteiger partial charge in [0.25, 0.3) is 11.8 Å². The van der Waals surface area contributed by atoms with Gasteiger partial charge < -0.3 is 9.30 Å². The van der Waals surface area contributed by atoms with Crippen LogP contribution >= 0.6 is 0 Å². The Morgan fingerprint density at radius 3 is 2.31 bits per heavy atom. The third-order valence-corrected chi connectivity index (χ3v) is 7.27. The van der Waals surface area contributed by atoms with Crippen molar-refractivity contribution in [3.8, 4) is 5.75 Å².